The number of carbonyl (C=O) groups excluding carboxylic acids is 2. The summed E-state index contributed by atoms with van der Waals surface area (Å²) in [5.74, 6) is 0.190. The number of hydrogen-bond acceptors (Lipinski definition) is 5. The molecule has 5 nitrogen and oxygen atoms in total. The number of benzene rings is 3. The first-order valence-corrected chi connectivity index (χ1v) is 9.90. The molecule has 30 heavy (non-hydrogen) atoms. The van der Waals surface area contributed by atoms with Gasteiger partial charge in [-0.3, -0.25) is 9.59 Å². The minimum absolute atomic E-state index is 0.0133. The fourth-order valence-corrected chi connectivity index (χ4v) is 4.19. The molecule has 1 aliphatic carbocycles. The smallest absolute Gasteiger partial charge is 0.194 e. The SMILES string of the molecule is O=C(Cc1cccc2c1C(=O)c1ccccc1-2)CC1CC(c2ccc(O)cc2)=NO1. The first-order chi connectivity index (χ1) is 14.6. The zero-order chi connectivity index (χ0) is 20.7. The van der Waals surface area contributed by atoms with Crippen LogP contribution in [0.4, 0.5) is 0 Å². The van der Waals surface area contributed by atoms with Crippen molar-refractivity contribution in [2.75, 3.05) is 0 Å². The van der Waals surface area contributed by atoms with Crippen molar-refractivity contribution in [3.8, 4) is 16.9 Å². The standard InChI is InChI=1S/C25H19NO4/c27-17-10-8-15(9-11-17)23-14-19(30-26-23)13-18(28)12-16-4-3-7-21-20-5-1-2-6-22(20)25(29)24(16)21/h1-11,19,27H,12-14H2. The Morgan fingerprint density at radius 3 is 2.50 bits per heavy atom. The number of hydrogen-bond donors (Lipinski definition) is 1. The molecule has 0 saturated heterocycles. The first kappa shape index (κ1) is 18.3. The van der Waals surface area contributed by atoms with Crippen molar-refractivity contribution in [1.29, 1.82) is 0 Å². The Hall–Kier alpha value is -3.73. The van der Waals surface area contributed by atoms with E-state index in [4.69, 9.17) is 4.84 Å². The number of ketones is 2. The van der Waals surface area contributed by atoms with E-state index >= 15 is 0 Å². The predicted molar refractivity (Wildman–Crippen MR) is 113 cm³/mol. The molecule has 1 atom stereocenters. The number of carbonyl (C=O) groups is 2. The Kier molecular flexibility index (Phi) is 4.43. The highest BCUT2D eigenvalue weighted by molar-refractivity contribution is 6.22. The molecule has 1 aliphatic heterocycles. The lowest BCUT2D eigenvalue weighted by Crippen LogP contribution is -2.17. The molecular weight excluding hydrogens is 378 g/mol. The number of oxime groups is 1. The molecule has 0 aromatic heterocycles. The summed E-state index contributed by atoms with van der Waals surface area (Å²) in [5.41, 5.74) is 5.55. The third-order valence-electron chi connectivity index (χ3n) is 5.62. The topological polar surface area (TPSA) is 76.0 Å². The maximum Gasteiger partial charge on any atom is 0.194 e. The Morgan fingerprint density at radius 1 is 0.967 bits per heavy atom. The maximum absolute atomic E-state index is 12.9. The van der Waals surface area contributed by atoms with Gasteiger partial charge in [0.15, 0.2) is 5.78 Å². The molecule has 0 bridgehead atoms. The quantitative estimate of drug-likeness (QED) is 0.545. The number of fused-ring (bicyclic) bond motifs is 3. The Bertz CT molecular complexity index is 1190. The van der Waals surface area contributed by atoms with E-state index in [1.54, 1.807) is 24.3 Å². The number of aromatic hydroxyl groups is 1. The molecular formula is C25H19NO4. The van der Waals surface area contributed by atoms with Crippen molar-refractivity contribution in [3.05, 3.63) is 89.0 Å². The van der Waals surface area contributed by atoms with E-state index in [0.717, 1.165) is 28.0 Å². The molecule has 2 aliphatic rings. The monoisotopic (exact) mass is 397 g/mol. The third kappa shape index (κ3) is 3.18. The highest BCUT2D eigenvalue weighted by Crippen LogP contribution is 2.38. The van der Waals surface area contributed by atoms with E-state index < -0.39 is 0 Å². The summed E-state index contributed by atoms with van der Waals surface area (Å²) in [4.78, 5) is 31.1. The summed E-state index contributed by atoms with van der Waals surface area (Å²) in [6.45, 7) is 0. The Labute approximate surface area is 173 Å². The lowest BCUT2D eigenvalue weighted by atomic mass is 9.94. The summed E-state index contributed by atoms with van der Waals surface area (Å²) in [7, 11) is 0. The van der Waals surface area contributed by atoms with Gasteiger partial charge < -0.3 is 9.94 Å². The van der Waals surface area contributed by atoms with Gasteiger partial charge in [0.2, 0.25) is 0 Å². The number of nitrogens with zero attached hydrogens (tertiary/aromatic N) is 1. The molecule has 3 aromatic carbocycles. The van der Waals surface area contributed by atoms with Crippen molar-refractivity contribution in [3.63, 3.8) is 0 Å². The normalized spacial score (nSPS) is 16.6. The molecule has 0 saturated carbocycles. The molecule has 5 rings (SSSR count). The molecule has 148 valence electrons. The van der Waals surface area contributed by atoms with E-state index in [2.05, 4.69) is 5.16 Å². The molecule has 0 fully saturated rings. The van der Waals surface area contributed by atoms with Crippen LogP contribution in [0.1, 0.15) is 39.9 Å². The van der Waals surface area contributed by atoms with Gasteiger partial charge in [-0.25, -0.2) is 0 Å². The van der Waals surface area contributed by atoms with Crippen molar-refractivity contribution in [1.82, 2.24) is 0 Å². The van der Waals surface area contributed by atoms with Gasteiger partial charge in [-0.2, -0.15) is 0 Å². The summed E-state index contributed by atoms with van der Waals surface area (Å²) >= 11 is 0. The fraction of sp³-hybridized carbons (Fsp3) is 0.160. The molecule has 0 spiro atoms. The van der Waals surface area contributed by atoms with Crippen molar-refractivity contribution >= 4 is 17.3 Å². The zero-order valence-electron chi connectivity index (χ0n) is 16.2. The van der Waals surface area contributed by atoms with E-state index in [0.29, 0.717) is 17.5 Å². The van der Waals surface area contributed by atoms with Gasteiger partial charge in [0.25, 0.3) is 0 Å². The highest BCUT2D eigenvalue weighted by Gasteiger charge is 2.30. The van der Waals surface area contributed by atoms with Crippen LogP contribution in [0.25, 0.3) is 11.1 Å². The Balaban J connectivity index is 1.28. The van der Waals surface area contributed by atoms with Crippen LogP contribution in [0.2, 0.25) is 0 Å². The van der Waals surface area contributed by atoms with Crippen LogP contribution in [0.15, 0.2) is 71.9 Å². The van der Waals surface area contributed by atoms with Gasteiger partial charge in [0, 0.05) is 30.4 Å². The number of Topliss-reactive ketones (excluding diaryl/α,β-unsaturated/α-hetero) is 1. The van der Waals surface area contributed by atoms with Gasteiger partial charge in [0.05, 0.1) is 5.71 Å². The zero-order valence-corrected chi connectivity index (χ0v) is 16.2. The highest BCUT2D eigenvalue weighted by atomic mass is 16.6. The summed E-state index contributed by atoms with van der Waals surface area (Å²) in [6, 6.07) is 20.0. The third-order valence-corrected chi connectivity index (χ3v) is 5.62. The van der Waals surface area contributed by atoms with Gasteiger partial charge >= 0.3 is 0 Å². The van der Waals surface area contributed by atoms with E-state index in [1.165, 1.54) is 0 Å². The van der Waals surface area contributed by atoms with Crippen LogP contribution >= 0.6 is 0 Å². The molecule has 5 heteroatoms. The predicted octanol–water partition coefficient (Wildman–Crippen LogP) is 4.30. The van der Waals surface area contributed by atoms with Crippen molar-refractivity contribution in [2.45, 2.75) is 25.4 Å². The van der Waals surface area contributed by atoms with Gasteiger partial charge in [-0.1, -0.05) is 47.6 Å². The number of phenols is 1. The average Bonchev–Trinajstić information content (AvgIpc) is 3.33. The van der Waals surface area contributed by atoms with Crippen LogP contribution in [0.5, 0.6) is 5.75 Å². The molecule has 1 unspecified atom stereocenters. The summed E-state index contributed by atoms with van der Waals surface area (Å²) in [6.07, 6.45) is 0.645. The van der Waals surface area contributed by atoms with E-state index in [-0.39, 0.29) is 36.3 Å². The van der Waals surface area contributed by atoms with Gasteiger partial charge in [0.1, 0.15) is 17.6 Å². The molecule has 1 heterocycles. The molecule has 0 amide bonds. The summed E-state index contributed by atoms with van der Waals surface area (Å²) < 4.78 is 0. The minimum Gasteiger partial charge on any atom is -0.508 e. The first-order valence-electron chi connectivity index (χ1n) is 9.90. The van der Waals surface area contributed by atoms with Crippen LogP contribution < -0.4 is 0 Å². The van der Waals surface area contributed by atoms with Gasteiger partial charge in [-0.15, -0.1) is 0 Å². The maximum atomic E-state index is 12.9. The largest absolute Gasteiger partial charge is 0.508 e. The van der Waals surface area contributed by atoms with Crippen LogP contribution in [0, 0.1) is 0 Å². The van der Waals surface area contributed by atoms with Crippen molar-refractivity contribution < 1.29 is 19.5 Å². The number of rotatable bonds is 5. The molecule has 1 N–H and O–H groups in total. The van der Waals surface area contributed by atoms with Crippen molar-refractivity contribution in [2.24, 2.45) is 5.16 Å². The second-order valence-electron chi connectivity index (χ2n) is 7.65. The second kappa shape index (κ2) is 7.26. The van der Waals surface area contributed by atoms with E-state index in [1.807, 2.05) is 42.5 Å². The number of phenolic OH excluding ortho intramolecular Hbond substituents is 1. The lowest BCUT2D eigenvalue weighted by molar-refractivity contribution is -0.120. The molecule has 3 aromatic rings. The van der Waals surface area contributed by atoms with Crippen LogP contribution in [-0.2, 0) is 16.1 Å². The lowest BCUT2D eigenvalue weighted by Gasteiger charge is -2.10. The fourth-order valence-electron chi connectivity index (χ4n) is 4.19. The second-order valence-corrected chi connectivity index (χ2v) is 7.65. The average molecular weight is 397 g/mol. The van der Waals surface area contributed by atoms with Crippen LogP contribution in [0.3, 0.4) is 0 Å². The Morgan fingerprint density at radius 2 is 1.70 bits per heavy atom. The minimum atomic E-state index is -0.314. The molecule has 0 radical (unpaired) electrons. The van der Waals surface area contributed by atoms with E-state index in [9.17, 15) is 14.7 Å². The summed E-state index contributed by atoms with van der Waals surface area (Å²) in [5, 5.41) is 13.5. The van der Waals surface area contributed by atoms with Crippen LogP contribution in [-0.4, -0.2) is 28.5 Å². The van der Waals surface area contributed by atoms with Gasteiger partial charge in [-0.05, 0) is 46.5 Å².